The van der Waals surface area contributed by atoms with Crippen LogP contribution in [-0.4, -0.2) is 33.4 Å². The lowest BCUT2D eigenvalue weighted by Crippen LogP contribution is -2.26. The van der Waals surface area contributed by atoms with Gasteiger partial charge in [-0.05, 0) is 6.92 Å². The fourth-order valence-electron chi connectivity index (χ4n) is 1.39. The summed E-state index contributed by atoms with van der Waals surface area (Å²) in [6, 6.07) is 0. The van der Waals surface area contributed by atoms with Crippen LogP contribution in [0.2, 0.25) is 0 Å². The molecule has 2 rings (SSSR count). The van der Waals surface area contributed by atoms with E-state index in [9.17, 15) is 4.79 Å². The largest absolute Gasteiger partial charge is 0.350 e. The summed E-state index contributed by atoms with van der Waals surface area (Å²) in [5.74, 6) is 1.03. The van der Waals surface area contributed by atoms with Crippen molar-refractivity contribution in [2.24, 2.45) is 0 Å². The standard InChI is InChI=1S/C12H16N4OS3/c1-7(2)11-14-9(6-19-11)10(17)13-4-5-18-12-16-15-8(3)20-12/h6-7H,4-5H2,1-3H3,(H,13,17). The number of thiazole rings is 1. The van der Waals surface area contributed by atoms with Gasteiger partial charge in [-0.2, -0.15) is 0 Å². The summed E-state index contributed by atoms with van der Waals surface area (Å²) < 4.78 is 0.938. The Morgan fingerprint density at radius 2 is 2.25 bits per heavy atom. The molecule has 0 spiro atoms. The molecule has 2 aromatic rings. The summed E-state index contributed by atoms with van der Waals surface area (Å²) in [6.07, 6.45) is 0. The van der Waals surface area contributed by atoms with Gasteiger partial charge in [0.25, 0.3) is 5.91 Å². The first-order chi connectivity index (χ1) is 9.56. The number of aromatic nitrogens is 3. The van der Waals surface area contributed by atoms with E-state index in [-0.39, 0.29) is 5.91 Å². The molecule has 0 saturated carbocycles. The van der Waals surface area contributed by atoms with Crippen molar-refractivity contribution < 1.29 is 4.79 Å². The quantitative estimate of drug-likeness (QED) is 0.652. The number of carbonyl (C=O) groups excluding carboxylic acids is 1. The minimum absolute atomic E-state index is 0.109. The van der Waals surface area contributed by atoms with Crippen LogP contribution in [0.1, 0.15) is 40.3 Å². The number of nitrogens with zero attached hydrogens (tertiary/aromatic N) is 3. The number of carbonyl (C=O) groups is 1. The molecule has 0 bridgehead atoms. The molecule has 1 amide bonds. The molecule has 8 heteroatoms. The molecule has 0 aliphatic carbocycles. The topological polar surface area (TPSA) is 67.8 Å². The van der Waals surface area contributed by atoms with Gasteiger partial charge in [-0.1, -0.05) is 36.9 Å². The third-order valence-corrected chi connectivity index (χ3v) is 5.49. The van der Waals surface area contributed by atoms with Crippen LogP contribution in [0.15, 0.2) is 9.72 Å². The lowest BCUT2D eigenvalue weighted by atomic mass is 10.2. The van der Waals surface area contributed by atoms with Crippen molar-refractivity contribution in [1.82, 2.24) is 20.5 Å². The Labute approximate surface area is 130 Å². The van der Waals surface area contributed by atoms with Crippen LogP contribution >= 0.6 is 34.4 Å². The Bertz CT molecular complexity index is 579. The second kappa shape index (κ2) is 7.14. The first kappa shape index (κ1) is 15.4. The van der Waals surface area contributed by atoms with Crippen LogP contribution in [0.4, 0.5) is 0 Å². The van der Waals surface area contributed by atoms with Crippen LogP contribution < -0.4 is 5.32 Å². The molecule has 0 aliphatic heterocycles. The summed E-state index contributed by atoms with van der Waals surface area (Å²) in [7, 11) is 0. The zero-order chi connectivity index (χ0) is 14.5. The van der Waals surface area contributed by atoms with Gasteiger partial charge in [-0.25, -0.2) is 4.98 Å². The van der Waals surface area contributed by atoms with Crippen LogP contribution in [0, 0.1) is 6.92 Å². The first-order valence-corrected chi connectivity index (χ1v) is 8.91. The van der Waals surface area contributed by atoms with Gasteiger partial charge in [0, 0.05) is 23.6 Å². The number of aryl methyl sites for hydroxylation is 1. The van der Waals surface area contributed by atoms with Gasteiger partial charge in [0.15, 0.2) is 4.34 Å². The molecular formula is C12H16N4OS3. The SMILES string of the molecule is Cc1nnc(SCCNC(=O)c2csc(C(C)C)n2)s1. The van der Waals surface area contributed by atoms with E-state index >= 15 is 0 Å². The van der Waals surface area contributed by atoms with E-state index in [1.54, 1.807) is 23.1 Å². The molecule has 108 valence electrons. The van der Waals surface area contributed by atoms with Gasteiger partial charge >= 0.3 is 0 Å². The van der Waals surface area contributed by atoms with Crippen molar-refractivity contribution in [2.75, 3.05) is 12.3 Å². The van der Waals surface area contributed by atoms with E-state index in [2.05, 4.69) is 34.3 Å². The lowest BCUT2D eigenvalue weighted by Gasteiger charge is -2.01. The fraction of sp³-hybridized carbons (Fsp3) is 0.500. The average Bonchev–Trinajstić information content (AvgIpc) is 3.03. The molecular weight excluding hydrogens is 312 g/mol. The van der Waals surface area contributed by atoms with Crippen LogP contribution in [0.3, 0.4) is 0 Å². The Hall–Kier alpha value is -0.990. The van der Waals surface area contributed by atoms with Crippen LogP contribution in [0.25, 0.3) is 0 Å². The Morgan fingerprint density at radius 1 is 1.45 bits per heavy atom. The highest BCUT2D eigenvalue weighted by Gasteiger charge is 2.12. The van der Waals surface area contributed by atoms with E-state index in [0.29, 0.717) is 18.2 Å². The molecule has 2 aromatic heterocycles. The zero-order valence-electron chi connectivity index (χ0n) is 11.5. The van der Waals surface area contributed by atoms with Crippen molar-refractivity contribution in [1.29, 1.82) is 0 Å². The summed E-state index contributed by atoms with van der Waals surface area (Å²) in [5, 5.41) is 14.6. The summed E-state index contributed by atoms with van der Waals surface area (Å²) in [4.78, 5) is 16.2. The Kier molecular flexibility index (Phi) is 5.50. The maximum absolute atomic E-state index is 11.9. The molecule has 20 heavy (non-hydrogen) atoms. The second-order valence-corrected chi connectivity index (χ2v) is 7.83. The minimum atomic E-state index is -0.109. The molecule has 5 nitrogen and oxygen atoms in total. The molecule has 0 atom stereocenters. The monoisotopic (exact) mass is 328 g/mol. The van der Waals surface area contributed by atoms with Gasteiger partial charge in [-0.15, -0.1) is 21.5 Å². The normalized spacial score (nSPS) is 11.0. The minimum Gasteiger partial charge on any atom is -0.350 e. The molecule has 0 radical (unpaired) electrons. The van der Waals surface area contributed by atoms with Crippen molar-refractivity contribution in [2.45, 2.75) is 31.0 Å². The van der Waals surface area contributed by atoms with E-state index < -0.39 is 0 Å². The Morgan fingerprint density at radius 3 is 2.85 bits per heavy atom. The summed E-state index contributed by atoms with van der Waals surface area (Å²) >= 11 is 4.70. The molecule has 1 N–H and O–H groups in total. The highest BCUT2D eigenvalue weighted by molar-refractivity contribution is 8.01. The van der Waals surface area contributed by atoms with E-state index in [1.165, 1.54) is 11.3 Å². The van der Waals surface area contributed by atoms with Crippen molar-refractivity contribution >= 4 is 40.3 Å². The fourth-order valence-corrected chi connectivity index (χ4v) is 3.94. The average molecular weight is 328 g/mol. The number of hydrogen-bond donors (Lipinski definition) is 1. The highest BCUT2D eigenvalue weighted by Crippen LogP contribution is 2.21. The third kappa shape index (κ3) is 4.26. The van der Waals surface area contributed by atoms with Crippen LogP contribution in [0.5, 0.6) is 0 Å². The molecule has 0 unspecified atom stereocenters. The molecule has 0 aromatic carbocycles. The number of amides is 1. The summed E-state index contributed by atoms with van der Waals surface area (Å²) in [6.45, 7) is 6.66. The van der Waals surface area contributed by atoms with Crippen molar-refractivity contribution in [3.63, 3.8) is 0 Å². The molecule has 0 aliphatic rings. The van der Waals surface area contributed by atoms with Gasteiger partial charge in [0.1, 0.15) is 10.7 Å². The number of rotatable bonds is 6. The Balaban J connectivity index is 1.74. The maximum Gasteiger partial charge on any atom is 0.270 e. The zero-order valence-corrected chi connectivity index (χ0v) is 14.0. The highest BCUT2D eigenvalue weighted by atomic mass is 32.2. The van der Waals surface area contributed by atoms with E-state index in [4.69, 9.17) is 0 Å². The summed E-state index contributed by atoms with van der Waals surface area (Å²) in [5.41, 5.74) is 0.510. The lowest BCUT2D eigenvalue weighted by molar-refractivity contribution is 0.0951. The van der Waals surface area contributed by atoms with E-state index in [1.807, 2.05) is 12.3 Å². The van der Waals surface area contributed by atoms with Gasteiger partial charge in [0.2, 0.25) is 0 Å². The van der Waals surface area contributed by atoms with E-state index in [0.717, 1.165) is 20.1 Å². The van der Waals surface area contributed by atoms with Gasteiger partial charge in [-0.3, -0.25) is 4.79 Å². The number of hydrogen-bond acceptors (Lipinski definition) is 7. The first-order valence-electron chi connectivity index (χ1n) is 6.23. The van der Waals surface area contributed by atoms with Gasteiger partial charge < -0.3 is 5.32 Å². The predicted molar refractivity (Wildman–Crippen MR) is 83.9 cm³/mol. The van der Waals surface area contributed by atoms with Crippen LogP contribution in [-0.2, 0) is 0 Å². The second-order valence-electron chi connectivity index (χ2n) is 4.42. The predicted octanol–water partition coefficient (Wildman–Crippen LogP) is 2.95. The maximum atomic E-state index is 11.9. The molecule has 0 saturated heterocycles. The smallest absolute Gasteiger partial charge is 0.270 e. The molecule has 2 heterocycles. The third-order valence-electron chi connectivity index (χ3n) is 2.37. The number of thioether (sulfide) groups is 1. The molecule has 0 fully saturated rings. The van der Waals surface area contributed by atoms with Crippen molar-refractivity contribution in [3.05, 3.63) is 21.1 Å². The van der Waals surface area contributed by atoms with Crippen molar-refractivity contribution in [3.8, 4) is 0 Å². The number of nitrogens with one attached hydrogen (secondary N) is 1. The van der Waals surface area contributed by atoms with Gasteiger partial charge in [0.05, 0.1) is 5.01 Å².